The molecule has 1 aromatic rings. The van der Waals surface area contributed by atoms with E-state index in [0.717, 1.165) is 28.1 Å². The molecule has 0 aromatic heterocycles. The van der Waals surface area contributed by atoms with Gasteiger partial charge in [-0.1, -0.05) is 35.2 Å². The van der Waals surface area contributed by atoms with Crippen LogP contribution in [0.3, 0.4) is 0 Å². The Hall–Kier alpha value is -0.540. The lowest BCUT2D eigenvalue weighted by molar-refractivity contribution is 0.275. The maximum absolute atomic E-state index is 6.25. The van der Waals surface area contributed by atoms with Crippen molar-refractivity contribution in [2.45, 2.75) is 31.7 Å². The molecule has 16 heavy (non-hydrogen) atoms. The van der Waals surface area contributed by atoms with Crippen LogP contribution in [0.4, 0.5) is 0 Å². The number of hydrogen-bond acceptors (Lipinski definition) is 2. The van der Waals surface area contributed by atoms with E-state index >= 15 is 0 Å². The van der Waals surface area contributed by atoms with E-state index in [2.05, 4.69) is 22.0 Å². The predicted molar refractivity (Wildman–Crippen MR) is 69.6 cm³/mol. The second-order valence-corrected chi connectivity index (χ2v) is 5.44. The molecule has 2 nitrogen and oxygen atoms in total. The third kappa shape index (κ3) is 2.58. The average Bonchev–Trinajstić information content (AvgIpc) is 2.23. The zero-order valence-electron chi connectivity index (χ0n) is 9.58. The summed E-state index contributed by atoms with van der Waals surface area (Å²) in [5, 5.41) is 0. The minimum absolute atomic E-state index is 0.0951. The molecule has 3 heteroatoms. The molecule has 0 bridgehead atoms. The van der Waals surface area contributed by atoms with Crippen molar-refractivity contribution in [2.24, 2.45) is 11.7 Å². The Kier molecular flexibility index (Phi) is 3.87. The van der Waals surface area contributed by atoms with Gasteiger partial charge in [0.1, 0.15) is 5.75 Å². The molecule has 1 aliphatic rings. The van der Waals surface area contributed by atoms with Crippen LogP contribution < -0.4 is 10.5 Å². The number of hydrogen-bond donors (Lipinski definition) is 1. The molecule has 1 atom stereocenters. The van der Waals surface area contributed by atoms with Crippen LogP contribution >= 0.6 is 15.9 Å². The fraction of sp³-hybridized carbons (Fsp3) is 0.538. The van der Waals surface area contributed by atoms with Gasteiger partial charge in [0.15, 0.2) is 0 Å². The monoisotopic (exact) mass is 283 g/mol. The van der Waals surface area contributed by atoms with Gasteiger partial charge in [-0.2, -0.15) is 0 Å². The van der Waals surface area contributed by atoms with Crippen LogP contribution in [0.1, 0.15) is 37.3 Å². The lowest BCUT2D eigenvalue weighted by atomic mass is 9.80. The highest BCUT2D eigenvalue weighted by atomic mass is 79.9. The Morgan fingerprint density at radius 3 is 2.81 bits per heavy atom. The van der Waals surface area contributed by atoms with E-state index in [1.165, 1.54) is 19.3 Å². The maximum atomic E-state index is 6.25. The van der Waals surface area contributed by atoms with Gasteiger partial charge < -0.3 is 10.5 Å². The van der Waals surface area contributed by atoms with Crippen molar-refractivity contribution in [2.75, 3.05) is 7.11 Å². The lowest BCUT2D eigenvalue weighted by Gasteiger charge is -2.28. The molecule has 2 rings (SSSR count). The van der Waals surface area contributed by atoms with Gasteiger partial charge in [-0.3, -0.25) is 0 Å². The van der Waals surface area contributed by atoms with Gasteiger partial charge in [0.05, 0.1) is 7.11 Å². The lowest BCUT2D eigenvalue weighted by Crippen LogP contribution is -2.20. The third-order valence-electron chi connectivity index (χ3n) is 3.40. The van der Waals surface area contributed by atoms with Crippen LogP contribution in [-0.4, -0.2) is 7.11 Å². The Bertz CT molecular complexity index is 363. The summed E-state index contributed by atoms with van der Waals surface area (Å²) in [4.78, 5) is 0. The quantitative estimate of drug-likeness (QED) is 0.916. The predicted octanol–water partition coefficient (Wildman–Crippen LogP) is 3.65. The smallest absolute Gasteiger partial charge is 0.123 e. The number of rotatable bonds is 4. The van der Waals surface area contributed by atoms with E-state index in [0.29, 0.717) is 0 Å². The van der Waals surface area contributed by atoms with E-state index in [9.17, 15) is 0 Å². The van der Waals surface area contributed by atoms with Crippen LogP contribution in [0.5, 0.6) is 5.75 Å². The van der Waals surface area contributed by atoms with Gasteiger partial charge in [-0.25, -0.2) is 0 Å². The molecule has 2 N–H and O–H groups in total. The highest BCUT2D eigenvalue weighted by molar-refractivity contribution is 9.10. The highest BCUT2D eigenvalue weighted by Crippen LogP contribution is 2.36. The molecule has 1 aromatic carbocycles. The topological polar surface area (TPSA) is 35.2 Å². The Labute approximate surface area is 105 Å². The largest absolute Gasteiger partial charge is 0.496 e. The summed E-state index contributed by atoms with van der Waals surface area (Å²) in [6.07, 6.45) is 5.12. The first-order valence-corrected chi connectivity index (χ1v) is 6.59. The zero-order chi connectivity index (χ0) is 11.5. The molecule has 1 fully saturated rings. The zero-order valence-corrected chi connectivity index (χ0v) is 11.2. The van der Waals surface area contributed by atoms with Crippen molar-refractivity contribution in [1.29, 1.82) is 0 Å². The molecule has 1 aliphatic carbocycles. The summed E-state index contributed by atoms with van der Waals surface area (Å²) in [5.74, 6) is 1.72. The van der Waals surface area contributed by atoms with Crippen LogP contribution in [0.15, 0.2) is 22.7 Å². The highest BCUT2D eigenvalue weighted by Gasteiger charge is 2.22. The van der Waals surface area contributed by atoms with Gasteiger partial charge in [-0.05, 0) is 30.5 Å². The molecule has 0 aliphatic heterocycles. The van der Waals surface area contributed by atoms with Gasteiger partial charge >= 0.3 is 0 Å². The molecule has 0 heterocycles. The van der Waals surface area contributed by atoms with Crippen LogP contribution in [-0.2, 0) is 0 Å². The summed E-state index contributed by atoms with van der Waals surface area (Å²) < 4.78 is 6.42. The van der Waals surface area contributed by atoms with Crippen LogP contribution in [0, 0.1) is 5.92 Å². The molecule has 1 saturated carbocycles. The minimum atomic E-state index is 0.0951. The molecule has 0 amide bonds. The van der Waals surface area contributed by atoms with E-state index in [1.807, 2.05) is 12.1 Å². The molecule has 0 radical (unpaired) electrons. The van der Waals surface area contributed by atoms with Gasteiger partial charge in [-0.15, -0.1) is 0 Å². The van der Waals surface area contributed by atoms with Crippen molar-refractivity contribution < 1.29 is 4.74 Å². The van der Waals surface area contributed by atoms with E-state index in [-0.39, 0.29) is 6.04 Å². The molecular weight excluding hydrogens is 266 g/mol. The van der Waals surface area contributed by atoms with Crippen molar-refractivity contribution in [3.8, 4) is 5.75 Å². The molecule has 0 saturated heterocycles. The second kappa shape index (κ2) is 5.19. The minimum Gasteiger partial charge on any atom is -0.496 e. The number of ether oxygens (including phenoxy) is 1. The first-order valence-electron chi connectivity index (χ1n) is 5.79. The van der Waals surface area contributed by atoms with Crippen LogP contribution in [0.2, 0.25) is 0 Å². The summed E-state index contributed by atoms with van der Waals surface area (Å²) in [5.41, 5.74) is 7.36. The Morgan fingerprint density at radius 2 is 2.25 bits per heavy atom. The van der Waals surface area contributed by atoms with Gasteiger partial charge in [0, 0.05) is 16.1 Å². The Balaban J connectivity index is 2.13. The van der Waals surface area contributed by atoms with E-state index in [4.69, 9.17) is 10.5 Å². The number of methoxy groups -OCH3 is 1. The summed E-state index contributed by atoms with van der Waals surface area (Å²) in [7, 11) is 1.70. The first kappa shape index (κ1) is 11.9. The van der Waals surface area contributed by atoms with E-state index in [1.54, 1.807) is 7.11 Å². The number of nitrogens with two attached hydrogens (primary N) is 1. The first-order chi connectivity index (χ1) is 7.70. The standard InChI is InChI=1S/C13H18BrNO/c1-16-13-6-5-10(14)8-11(13)12(15)7-9-3-2-4-9/h5-6,8-9,12H,2-4,7,15H2,1H3. The average molecular weight is 284 g/mol. The van der Waals surface area contributed by atoms with Crippen molar-refractivity contribution in [3.63, 3.8) is 0 Å². The number of benzene rings is 1. The second-order valence-electron chi connectivity index (χ2n) is 4.53. The summed E-state index contributed by atoms with van der Waals surface area (Å²) in [6.45, 7) is 0. The third-order valence-corrected chi connectivity index (χ3v) is 3.90. The molecule has 0 spiro atoms. The van der Waals surface area contributed by atoms with Crippen molar-refractivity contribution >= 4 is 15.9 Å². The number of halogens is 1. The Morgan fingerprint density at radius 1 is 1.50 bits per heavy atom. The summed E-state index contributed by atoms with van der Waals surface area (Å²) in [6, 6.07) is 6.12. The molecule has 88 valence electrons. The van der Waals surface area contributed by atoms with Gasteiger partial charge in [0.25, 0.3) is 0 Å². The maximum Gasteiger partial charge on any atom is 0.123 e. The normalized spacial score (nSPS) is 17.9. The summed E-state index contributed by atoms with van der Waals surface area (Å²) >= 11 is 3.48. The fourth-order valence-electron chi connectivity index (χ4n) is 2.21. The van der Waals surface area contributed by atoms with Crippen molar-refractivity contribution in [3.05, 3.63) is 28.2 Å². The SMILES string of the molecule is COc1ccc(Br)cc1C(N)CC1CCC1. The molecular formula is C13H18BrNO. The van der Waals surface area contributed by atoms with E-state index < -0.39 is 0 Å². The molecule has 1 unspecified atom stereocenters. The fourth-order valence-corrected chi connectivity index (χ4v) is 2.59. The van der Waals surface area contributed by atoms with Crippen LogP contribution in [0.25, 0.3) is 0 Å². The van der Waals surface area contributed by atoms with Crippen molar-refractivity contribution in [1.82, 2.24) is 0 Å². The van der Waals surface area contributed by atoms with Gasteiger partial charge in [0.2, 0.25) is 0 Å².